The molecule has 3 rings (SSSR count). The standard InChI is InChI=1S/C18H21Cl2N3O2/c1-3-25-14-6-8-22(9-7-14)16-11-21-23(18(24)17(16)20)13-5-4-12(2)15(19)10-13/h4-5,10-11,14H,3,6-9H2,1-2H3. The van der Waals surface area contributed by atoms with Gasteiger partial charge in [0, 0.05) is 24.7 Å². The minimum absolute atomic E-state index is 0.182. The van der Waals surface area contributed by atoms with E-state index in [2.05, 4.69) is 10.00 Å². The predicted octanol–water partition coefficient (Wildman–Crippen LogP) is 3.85. The Labute approximate surface area is 157 Å². The number of hydrogen-bond acceptors (Lipinski definition) is 4. The average Bonchev–Trinajstić information content (AvgIpc) is 2.61. The Bertz CT molecular complexity index is 814. The van der Waals surface area contributed by atoms with Gasteiger partial charge in [-0.1, -0.05) is 29.3 Å². The van der Waals surface area contributed by atoms with Crippen LogP contribution in [0.3, 0.4) is 0 Å². The molecule has 1 aliphatic rings. The lowest BCUT2D eigenvalue weighted by molar-refractivity contribution is 0.0459. The van der Waals surface area contributed by atoms with Crippen molar-refractivity contribution in [2.75, 3.05) is 24.6 Å². The average molecular weight is 382 g/mol. The molecule has 0 atom stereocenters. The first-order valence-electron chi connectivity index (χ1n) is 8.42. The highest BCUT2D eigenvalue weighted by Crippen LogP contribution is 2.26. The van der Waals surface area contributed by atoms with Crippen LogP contribution in [0.5, 0.6) is 0 Å². The van der Waals surface area contributed by atoms with Crippen LogP contribution in [-0.2, 0) is 4.74 Å². The molecule has 1 saturated heterocycles. The van der Waals surface area contributed by atoms with Gasteiger partial charge in [0.05, 0.1) is 23.7 Å². The maximum Gasteiger partial charge on any atom is 0.292 e. The summed E-state index contributed by atoms with van der Waals surface area (Å²) in [6.07, 6.45) is 3.77. The van der Waals surface area contributed by atoms with Crippen LogP contribution in [0, 0.1) is 6.92 Å². The Kier molecular flexibility index (Phi) is 5.67. The van der Waals surface area contributed by atoms with E-state index in [1.54, 1.807) is 18.3 Å². The summed E-state index contributed by atoms with van der Waals surface area (Å²) >= 11 is 12.5. The van der Waals surface area contributed by atoms with Gasteiger partial charge in [0.25, 0.3) is 5.56 Å². The third-order valence-corrected chi connectivity index (χ3v) is 5.25. The van der Waals surface area contributed by atoms with Gasteiger partial charge in [0.1, 0.15) is 5.02 Å². The second kappa shape index (κ2) is 7.77. The number of hydrogen-bond donors (Lipinski definition) is 0. The maximum atomic E-state index is 12.7. The highest BCUT2D eigenvalue weighted by atomic mass is 35.5. The monoisotopic (exact) mass is 381 g/mol. The molecule has 0 N–H and O–H groups in total. The molecule has 0 aliphatic carbocycles. The number of ether oxygens (including phenoxy) is 1. The lowest BCUT2D eigenvalue weighted by Gasteiger charge is -2.33. The molecule has 25 heavy (non-hydrogen) atoms. The summed E-state index contributed by atoms with van der Waals surface area (Å²) in [5.74, 6) is 0. The van der Waals surface area contributed by atoms with E-state index in [0.29, 0.717) is 16.4 Å². The van der Waals surface area contributed by atoms with E-state index >= 15 is 0 Å². The van der Waals surface area contributed by atoms with Crippen molar-refractivity contribution < 1.29 is 4.74 Å². The molecule has 7 heteroatoms. The van der Waals surface area contributed by atoms with E-state index in [4.69, 9.17) is 27.9 Å². The summed E-state index contributed by atoms with van der Waals surface area (Å²) in [5, 5.41) is 5.07. The topological polar surface area (TPSA) is 47.4 Å². The Morgan fingerprint density at radius 2 is 2.00 bits per heavy atom. The lowest BCUT2D eigenvalue weighted by Crippen LogP contribution is -2.38. The van der Waals surface area contributed by atoms with Crippen molar-refractivity contribution in [1.29, 1.82) is 0 Å². The van der Waals surface area contributed by atoms with Gasteiger partial charge in [-0.15, -0.1) is 0 Å². The van der Waals surface area contributed by atoms with E-state index < -0.39 is 0 Å². The van der Waals surface area contributed by atoms with Gasteiger partial charge in [-0.2, -0.15) is 9.78 Å². The van der Waals surface area contributed by atoms with Crippen molar-refractivity contribution in [3.05, 3.63) is 50.4 Å². The number of halogens is 2. The van der Waals surface area contributed by atoms with Crippen molar-refractivity contribution in [3.63, 3.8) is 0 Å². The van der Waals surface area contributed by atoms with Crippen LogP contribution in [0.25, 0.3) is 5.69 Å². The fraction of sp³-hybridized carbons (Fsp3) is 0.444. The fourth-order valence-corrected chi connectivity index (χ4v) is 3.46. The number of aryl methyl sites for hydroxylation is 1. The summed E-state index contributed by atoms with van der Waals surface area (Å²) < 4.78 is 6.95. The van der Waals surface area contributed by atoms with E-state index in [9.17, 15) is 4.79 Å². The fourth-order valence-electron chi connectivity index (χ4n) is 3.04. The zero-order chi connectivity index (χ0) is 18.0. The smallest absolute Gasteiger partial charge is 0.292 e. The van der Waals surface area contributed by atoms with Gasteiger partial charge in [0.2, 0.25) is 0 Å². The predicted molar refractivity (Wildman–Crippen MR) is 101 cm³/mol. The molecule has 134 valence electrons. The van der Waals surface area contributed by atoms with Crippen LogP contribution in [-0.4, -0.2) is 35.6 Å². The van der Waals surface area contributed by atoms with Gasteiger partial charge in [-0.25, -0.2) is 0 Å². The highest BCUT2D eigenvalue weighted by Gasteiger charge is 2.23. The van der Waals surface area contributed by atoms with Gasteiger partial charge in [-0.05, 0) is 44.4 Å². The minimum Gasteiger partial charge on any atom is -0.378 e. The Morgan fingerprint density at radius 3 is 2.64 bits per heavy atom. The molecular weight excluding hydrogens is 361 g/mol. The van der Waals surface area contributed by atoms with Crippen molar-refractivity contribution in [2.24, 2.45) is 0 Å². The quantitative estimate of drug-likeness (QED) is 0.806. The molecule has 0 amide bonds. The highest BCUT2D eigenvalue weighted by molar-refractivity contribution is 6.33. The molecule has 1 aromatic heterocycles. The number of nitrogens with zero attached hydrogens (tertiary/aromatic N) is 3. The molecule has 0 saturated carbocycles. The van der Waals surface area contributed by atoms with Crippen LogP contribution in [0.1, 0.15) is 25.3 Å². The van der Waals surface area contributed by atoms with Gasteiger partial charge in [-0.3, -0.25) is 4.79 Å². The third-order valence-electron chi connectivity index (χ3n) is 4.49. The summed E-state index contributed by atoms with van der Waals surface area (Å²) in [5.41, 5.74) is 1.88. The second-order valence-electron chi connectivity index (χ2n) is 6.14. The number of piperidine rings is 1. The molecule has 0 bridgehead atoms. The molecule has 0 unspecified atom stereocenters. The molecule has 1 aromatic carbocycles. The van der Waals surface area contributed by atoms with E-state index in [1.807, 2.05) is 19.9 Å². The largest absolute Gasteiger partial charge is 0.378 e. The minimum atomic E-state index is -0.342. The number of anilines is 1. The molecule has 0 spiro atoms. The molecule has 5 nitrogen and oxygen atoms in total. The second-order valence-corrected chi connectivity index (χ2v) is 6.92. The Hall–Kier alpha value is -1.56. The number of benzene rings is 1. The SMILES string of the molecule is CCOC1CCN(c2cnn(-c3ccc(C)c(Cl)c3)c(=O)c2Cl)CC1. The van der Waals surface area contributed by atoms with E-state index in [1.165, 1.54) is 4.68 Å². The van der Waals surface area contributed by atoms with Gasteiger partial charge in [0.15, 0.2) is 0 Å². The number of aromatic nitrogens is 2. The molecule has 1 aliphatic heterocycles. The van der Waals surface area contributed by atoms with Gasteiger partial charge >= 0.3 is 0 Å². The summed E-state index contributed by atoms with van der Waals surface area (Å²) in [4.78, 5) is 14.8. The first kappa shape index (κ1) is 18.2. The van der Waals surface area contributed by atoms with Gasteiger partial charge < -0.3 is 9.64 Å². The first-order chi connectivity index (χ1) is 12.0. The maximum absolute atomic E-state index is 12.7. The molecular formula is C18H21Cl2N3O2. The van der Waals surface area contributed by atoms with Crippen LogP contribution in [0.4, 0.5) is 5.69 Å². The molecule has 2 aromatic rings. The first-order valence-corrected chi connectivity index (χ1v) is 9.17. The number of rotatable bonds is 4. The van der Waals surface area contributed by atoms with Crippen LogP contribution in [0.15, 0.2) is 29.2 Å². The zero-order valence-corrected chi connectivity index (χ0v) is 15.8. The molecule has 1 fully saturated rings. The van der Waals surface area contributed by atoms with Crippen LogP contribution < -0.4 is 10.5 Å². The Morgan fingerprint density at radius 1 is 1.28 bits per heavy atom. The molecule has 0 radical (unpaired) electrons. The molecule has 2 heterocycles. The summed E-state index contributed by atoms with van der Waals surface area (Å²) in [7, 11) is 0. The van der Waals surface area contributed by atoms with Crippen LogP contribution >= 0.6 is 23.2 Å². The van der Waals surface area contributed by atoms with Crippen molar-refractivity contribution in [3.8, 4) is 5.69 Å². The summed E-state index contributed by atoms with van der Waals surface area (Å²) in [6, 6.07) is 5.38. The normalized spacial score (nSPS) is 15.6. The van der Waals surface area contributed by atoms with Crippen molar-refractivity contribution >= 4 is 28.9 Å². The summed E-state index contributed by atoms with van der Waals surface area (Å²) in [6.45, 7) is 6.23. The van der Waals surface area contributed by atoms with E-state index in [0.717, 1.165) is 38.1 Å². The Balaban J connectivity index is 1.86. The van der Waals surface area contributed by atoms with E-state index in [-0.39, 0.29) is 16.7 Å². The van der Waals surface area contributed by atoms with Crippen molar-refractivity contribution in [1.82, 2.24) is 9.78 Å². The third kappa shape index (κ3) is 3.84. The lowest BCUT2D eigenvalue weighted by atomic mass is 10.1. The van der Waals surface area contributed by atoms with Crippen LogP contribution in [0.2, 0.25) is 10.0 Å². The van der Waals surface area contributed by atoms with Crippen molar-refractivity contribution in [2.45, 2.75) is 32.8 Å². The zero-order valence-electron chi connectivity index (χ0n) is 14.3.